The van der Waals surface area contributed by atoms with Gasteiger partial charge in [0.2, 0.25) is 0 Å². The Morgan fingerprint density at radius 3 is 2.58 bits per heavy atom. The van der Waals surface area contributed by atoms with Crippen LogP contribution in [0.3, 0.4) is 0 Å². The summed E-state index contributed by atoms with van der Waals surface area (Å²) in [6.07, 6.45) is 5.40. The Kier molecular flexibility index (Phi) is 6.56. The summed E-state index contributed by atoms with van der Waals surface area (Å²) in [6, 6.07) is 8.63. The van der Waals surface area contributed by atoms with Crippen LogP contribution >= 0.6 is 11.8 Å². The topological polar surface area (TPSA) is 20.3 Å². The average molecular weight is 346 g/mol. The van der Waals surface area contributed by atoms with E-state index in [1.807, 2.05) is 0 Å². The first kappa shape index (κ1) is 19.1. The van der Waals surface area contributed by atoms with Crippen LogP contribution in [0.1, 0.15) is 64.5 Å². The SMILES string of the molecule is CCCc1cccc(C2CN(CCC)C=C(SC(C)(C)C)C2=O)c1. The lowest BCUT2D eigenvalue weighted by molar-refractivity contribution is -0.117. The predicted molar refractivity (Wildman–Crippen MR) is 105 cm³/mol. The van der Waals surface area contributed by atoms with E-state index in [2.05, 4.69) is 70.0 Å². The van der Waals surface area contributed by atoms with E-state index in [-0.39, 0.29) is 16.4 Å². The maximum Gasteiger partial charge on any atom is 0.179 e. The summed E-state index contributed by atoms with van der Waals surface area (Å²) in [7, 11) is 0. The maximum absolute atomic E-state index is 13.1. The third-order valence-electron chi connectivity index (χ3n) is 4.10. The zero-order valence-corrected chi connectivity index (χ0v) is 16.6. The molecule has 2 nitrogen and oxygen atoms in total. The van der Waals surface area contributed by atoms with Gasteiger partial charge in [-0.3, -0.25) is 4.79 Å². The Morgan fingerprint density at radius 1 is 1.21 bits per heavy atom. The minimum Gasteiger partial charge on any atom is -0.375 e. The molecule has 0 N–H and O–H groups in total. The highest BCUT2D eigenvalue weighted by molar-refractivity contribution is 8.05. The molecule has 1 aliphatic heterocycles. The van der Waals surface area contributed by atoms with E-state index < -0.39 is 0 Å². The summed E-state index contributed by atoms with van der Waals surface area (Å²) in [5.74, 6) is 0.249. The minimum atomic E-state index is -0.0387. The highest BCUT2D eigenvalue weighted by Gasteiger charge is 2.32. The number of thioether (sulfide) groups is 1. The number of allylic oxidation sites excluding steroid dienone is 1. The second kappa shape index (κ2) is 8.24. The third-order valence-corrected chi connectivity index (χ3v) is 5.23. The highest BCUT2D eigenvalue weighted by atomic mass is 32.2. The third kappa shape index (κ3) is 5.14. The normalized spacial score (nSPS) is 18.7. The number of benzene rings is 1. The lowest BCUT2D eigenvalue weighted by Gasteiger charge is -2.33. The van der Waals surface area contributed by atoms with Gasteiger partial charge in [0.15, 0.2) is 5.78 Å². The molecular formula is C21H31NOS. The average Bonchev–Trinajstić information content (AvgIpc) is 2.50. The van der Waals surface area contributed by atoms with Crippen molar-refractivity contribution in [3.8, 4) is 0 Å². The summed E-state index contributed by atoms with van der Waals surface area (Å²) in [4.78, 5) is 16.3. The summed E-state index contributed by atoms with van der Waals surface area (Å²) >= 11 is 1.70. The summed E-state index contributed by atoms with van der Waals surface area (Å²) in [6.45, 7) is 12.7. The Bertz CT molecular complexity index is 600. The van der Waals surface area contributed by atoms with Crippen molar-refractivity contribution in [2.45, 2.75) is 64.5 Å². The van der Waals surface area contributed by atoms with Gasteiger partial charge in [-0.15, -0.1) is 11.8 Å². The minimum absolute atomic E-state index is 0.0387. The van der Waals surface area contributed by atoms with Crippen LogP contribution in [-0.2, 0) is 11.2 Å². The molecule has 0 saturated carbocycles. The molecule has 0 aliphatic carbocycles. The van der Waals surface area contributed by atoms with Gasteiger partial charge < -0.3 is 4.90 Å². The zero-order valence-electron chi connectivity index (χ0n) is 15.8. The number of carbonyl (C=O) groups excluding carboxylic acids is 1. The fraction of sp³-hybridized carbons (Fsp3) is 0.571. The van der Waals surface area contributed by atoms with Gasteiger partial charge in [0.1, 0.15) is 0 Å². The zero-order chi connectivity index (χ0) is 17.7. The van der Waals surface area contributed by atoms with Crippen molar-refractivity contribution in [1.29, 1.82) is 0 Å². The van der Waals surface area contributed by atoms with Crippen molar-refractivity contribution in [1.82, 2.24) is 4.90 Å². The fourth-order valence-electron chi connectivity index (χ4n) is 3.13. The molecule has 0 radical (unpaired) electrons. The van der Waals surface area contributed by atoms with Crippen molar-refractivity contribution in [3.63, 3.8) is 0 Å². The smallest absolute Gasteiger partial charge is 0.179 e. The first-order chi connectivity index (χ1) is 11.3. The Balaban J connectivity index is 2.31. The number of ketones is 1. The molecule has 1 aromatic carbocycles. The van der Waals surface area contributed by atoms with Gasteiger partial charge in [0.05, 0.1) is 10.8 Å². The van der Waals surface area contributed by atoms with Gasteiger partial charge in [0.25, 0.3) is 0 Å². The first-order valence-corrected chi connectivity index (χ1v) is 9.93. The second-order valence-electron chi connectivity index (χ2n) is 7.61. The van der Waals surface area contributed by atoms with Gasteiger partial charge in [-0.1, -0.05) is 65.3 Å². The van der Waals surface area contributed by atoms with E-state index in [0.717, 1.165) is 37.3 Å². The van der Waals surface area contributed by atoms with E-state index in [0.29, 0.717) is 0 Å². The molecule has 1 heterocycles. The molecule has 0 amide bonds. The molecule has 0 aromatic heterocycles. The Morgan fingerprint density at radius 2 is 1.96 bits per heavy atom. The van der Waals surface area contributed by atoms with E-state index in [1.54, 1.807) is 11.8 Å². The number of hydrogen-bond acceptors (Lipinski definition) is 3. The Hall–Kier alpha value is -1.22. The number of Topliss-reactive ketones (excluding diaryl/α,β-unsaturated/α-hetero) is 1. The second-order valence-corrected chi connectivity index (χ2v) is 9.48. The quantitative estimate of drug-likeness (QED) is 0.689. The highest BCUT2D eigenvalue weighted by Crippen LogP contribution is 2.38. The van der Waals surface area contributed by atoms with Crippen molar-refractivity contribution < 1.29 is 4.79 Å². The van der Waals surface area contributed by atoms with Crippen LogP contribution in [0.4, 0.5) is 0 Å². The van der Waals surface area contributed by atoms with Crippen LogP contribution in [0.2, 0.25) is 0 Å². The molecule has 24 heavy (non-hydrogen) atoms. The molecular weight excluding hydrogens is 314 g/mol. The number of hydrogen-bond donors (Lipinski definition) is 0. The maximum atomic E-state index is 13.1. The first-order valence-electron chi connectivity index (χ1n) is 9.12. The van der Waals surface area contributed by atoms with E-state index in [4.69, 9.17) is 0 Å². The number of aryl methyl sites for hydroxylation is 1. The van der Waals surface area contributed by atoms with Crippen LogP contribution in [0, 0.1) is 0 Å². The summed E-state index contributed by atoms with van der Waals surface area (Å²) in [5.41, 5.74) is 2.51. The summed E-state index contributed by atoms with van der Waals surface area (Å²) < 4.78 is 0.0470. The lowest BCUT2D eigenvalue weighted by Crippen LogP contribution is -2.35. The molecule has 0 spiro atoms. The van der Waals surface area contributed by atoms with Gasteiger partial charge in [-0.2, -0.15) is 0 Å². The molecule has 1 unspecified atom stereocenters. The van der Waals surface area contributed by atoms with Crippen LogP contribution in [0.15, 0.2) is 35.4 Å². The molecule has 1 aromatic rings. The van der Waals surface area contributed by atoms with Crippen molar-refractivity contribution >= 4 is 17.5 Å². The van der Waals surface area contributed by atoms with Crippen molar-refractivity contribution in [2.75, 3.05) is 13.1 Å². The van der Waals surface area contributed by atoms with Crippen LogP contribution in [0.25, 0.3) is 0 Å². The van der Waals surface area contributed by atoms with Gasteiger partial charge in [-0.25, -0.2) is 0 Å². The Labute approximate surface area is 151 Å². The van der Waals surface area contributed by atoms with Crippen LogP contribution < -0.4 is 0 Å². The molecule has 1 atom stereocenters. The standard InChI is InChI=1S/C21H31NOS/c1-6-9-16-10-8-11-17(13-16)18-14-22(12-7-2)15-19(20(18)23)24-21(3,4)5/h8,10-11,13,15,18H,6-7,9,12,14H2,1-5H3. The van der Waals surface area contributed by atoms with Crippen LogP contribution in [-0.4, -0.2) is 28.5 Å². The number of nitrogens with zero attached hydrogens (tertiary/aromatic N) is 1. The molecule has 2 rings (SSSR count). The van der Waals surface area contributed by atoms with Gasteiger partial charge in [-0.05, 0) is 24.0 Å². The van der Waals surface area contributed by atoms with Crippen LogP contribution in [0.5, 0.6) is 0 Å². The van der Waals surface area contributed by atoms with E-state index in [1.165, 1.54) is 11.1 Å². The number of carbonyl (C=O) groups is 1. The molecule has 3 heteroatoms. The van der Waals surface area contributed by atoms with E-state index >= 15 is 0 Å². The molecule has 0 bridgehead atoms. The van der Waals surface area contributed by atoms with Gasteiger partial charge in [0, 0.05) is 24.0 Å². The monoisotopic (exact) mass is 345 g/mol. The largest absolute Gasteiger partial charge is 0.375 e. The molecule has 132 valence electrons. The van der Waals surface area contributed by atoms with Crippen molar-refractivity contribution in [2.24, 2.45) is 0 Å². The summed E-state index contributed by atoms with van der Waals surface area (Å²) in [5, 5.41) is 0. The lowest BCUT2D eigenvalue weighted by atomic mass is 9.90. The van der Waals surface area contributed by atoms with E-state index in [9.17, 15) is 4.79 Å². The molecule has 1 aliphatic rings. The molecule has 0 fully saturated rings. The predicted octanol–water partition coefficient (Wildman–Crippen LogP) is 5.39. The number of rotatable bonds is 6. The fourth-order valence-corrected chi connectivity index (χ4v) is 4.24. The van der Waals surface area contributed by atoms with Crippen molar-refractivity contribution in [3.05, 3.63) is 46.5 Å². The molecule has 0 saturated heterocycles. The van der Waals surface area contributed by atoms with Gasteiger partial charge >= 0.3 is 0 Å².